The molecule has 9 nitrogen and oxygen atoms in total. The molecule has 2 aliphatic rings. The highest BCUT2D eigenvalue weighted by Gasteiger charge is 2.43. The van der Waals surface area contributed by atoms with Gasteiger partial charge in [0.25, 0.3) is 0 Å². The molecular weight excluding hydrogens is 452 g/mol. The number of methoxy groups -OCH3 is 1. The van der Waals surface area contributed by atoms with Gasteiger partial charge in [0.1, 0.15) is 12.6 Å². The van der Waals surface area contributed by atoms with Crippen molar-refractivity contribution < 1.29 is 34.1 Å². The van der Waals surface area contributed by atoms with Crippen LogP contribution in [0.2, 0.25) is 0 Å². The van der Waals surface area contributed by atoms with E-state index in [9.17, 15) is 24.6 Å². The zero-order chi connectivity index (χ0) is 25.0. The number of likely N-dealkylation sites (tertiary alicyclic amines) is 1. The van der Waals surface area contributed by atoms with E-state index < -0.39 is 29.6 Å². The number of benzene rings is 2. The number of aliphatic carboxylic acids is 1. The van der Waals surface area contributed by atoms with Crippen molar-refractivity contribution in [2.45, 2.75) is 36.8 Å². The van der Waals surface area contributed by atoms with E-state index in [1.807, 2.05) is 48.5 Å². The minimum absolute atomic E-state index is 0.0641. The summed E-state index contributed by atoms with van der Waals surface area (Å²) >= 11 is 0. The highest BCUT2D eigenvalue weighted by atomic mass is 16.5. The van der Waals surface area contributed by atoms with E-state index in [1.54, 1.807) is 0 Å². The van der Waals surface area contributed by atoms with E-state index in [0.717, 1.165) is 22.3 Å². The van der Waals surface area contributed by atoms with Gasteiger partial charge in [0.15, 0.2) is 5.60 Å². The standard InChI is InChI=1S/C26H30N2O7/c1-34-14-11-22(23(29)28-13-6-12-26(33,16-28)24(30)31)27-25(32)35-15-21-19-9-4-2-7-17(19)18-8-3-5-10-20(18)21/h2-5,7-10,21-22,33H,6,11-16H2,1H3,(H,27,32)(H,30,31). The molecule has 2 atom stereocenters. The minimum Gasteiger partial charge on any atom is -0.479 e. The highest BCUT2D eigenvalue weighted by molar-refractivity contribution is 5.87. The van der Waals surface area contributed by atoms with E-state index in [0.29, 0.717) is 13.0 Å². The molecule has 1 saturated heterocycles. The van der Waals surface area contributed by atoms with Gasteiger partial charge < -0.3 is 29.9 Å². The second-order valence-corrected chi connectivity index (χ2v) is 9.00. The lowest BCUT2D eigenvalue weighted by Gasteiger charge is -2.37. The van der Waals surface area contributed by atoms with Crippen molar-refractivity contribution in [3.63, 3.8) is 0 Å². The normalized spacial score (nSPS) is 20.0. The van der Waals surface area contributed by atoms with E-state index in [4.69, 9.17) is 9.47 Å². The van der Waals surface area contributed by atoms with Crippen LogP contribution in [0.3, 0.4) is 0 Å². The smallest absolute Gasteiger partial charge is 0.407 e. The summed E-state index contributed by atoms with van der Waals surface area (Å²) in [6, 6.07) is 15.0. The third kappa shape index (κ3) is 5.16. The molecule has 1 aliphatic heterocycles. The number of nitrogens with one attached hydrogen (secondary N) is 1. The van der Waals surface area contributed by atoms with Crippen molar-refractivity contribution in [2.75, 3.05) is 33.4 Å². The molecule has 0 aromatic heterocycles. The number of alkyl carbamates (subject to hydrolysis) is 1. The van der Waals surface area contributed by atoms with Crippen molar-refractivity contribution in [3.8, 4) is 11.1 Å². The van der Waals surface area contributed by atoms with Crippen LogP contribution in [-0.2, 0) is 19.1 Å². The topological polar surface area (TPSA) is 125 Å². The Bertz CT molecular complexity index is 1060. The Morgan fingerprint density at radius 2 is 1.74 bits per heavy atom. The monoisotopic (exact) mass is 482 g/mol. The number of rotatable bonds is 8. The Kier molecular flexibility index (Phi) is 7.37. The van der Waals surface area contributed by atoms with E-state index in [2.05, 4.69) is 5.32 Å². The van der Waals surface area contributed by atoms with E-state index in [1.165, 1.54) is 12.0 Å². The zero-order valence-electron chi connectivity index (χ0n) is 19.6. The van der Waals surface area contributed by atoms with Crippen LogP contribution in [0.15, 0.2) is 48.5 Å². The van der Waals surface area contributed by atoms with Gasteiger partial charge in [-0.1, -0.05) is 48.5 Å². The number of aliphatic hydroxyl groups is 1. The molecule has 2 aromatic rings. The largest absolute Gasteiger partial charge is 0.479 e. The maximum absolute atomic E-state index is 13.1. The lowest BCUT2D eigenvalue weighted by molar-refractivity contribution is -0.167. The number of carboxylic acids is 1. The molecule has 1 heterocycles. The fourth-order valence-corrected chi connectivity index (χ4v) is 4.89. The lowest BCUT2D eigenvalue weighted by Crippen LogP contribution is -2.58. The Hall–Kier alpha value is -3.43. The van der Waals surface area contributed by atoms with Crippen LogP contribution in [0.1, 0.15) is 36.3 Å². The van der Waals surface area contributed by atoms with Crippen molar-refractivity contribution in [1.82, 2.24) is 10.2 Å². The Morgan fingerprint density at radius 3 is 2.34 bits per heavy atom. The second-order valence-electron chi connectivity index (χ2n) is 9.00. The van der Waals surface area contributed by atoms with Crippen LogP contribution in [0.5, 0.6) is 0 Å². The van der Waals surface area contributed by atoms with Crippen LogP contribution < -0.4 is 5.32 Å². The summed E-state index contributed by atoms with van der Waals surface area (Å²) in [6.45, 7) is 0.270. The van der Waals surface area contributed by atoms with Crippen LogP contribution in [0.25, 0.3) is 11.1 Å². The molecule has 2 amide bonds. The molecule has 35 heavy (non-hydrogen) atoms. The summed E-state index contributed by atoms with van der Waals surface area (Å²) in [7, 11) is 1.49. The van der Waals surface area contributed by atoms with Gasteiger partial charge >= 0.3 is 12.1 Å². The number of piperidine rings is 1. The predicted octanol–water partition coefficient (Wildman–Crippen LogP) is 2.37. The van der Waals surface area contributed by atoms with Gasteiger partial charge in [-0.3, -0.25) is 4.79 Å². The van der Waals surface area contributed by atoms with Gasteiger partial charge in [-0.05, 0) is 35.1 Å². The molecule has 0 bridgehead atoms. The van der Waals surface area contributed by atoms with Crippen molar-refractivity contribution in [3.05, 3.63) is 59.7 Å². The number of amides is 2. The first-order valence-corrected chi connectivity index (χ1v) is 11.7. The summed E-state index contributed by atoms with van der Waals surface area (Å²) in [5.74, 6) is -1.96. The Labute approximate surface area is 203 Å². The predicted molar refractivity (Wildman–Crippen MR) is 127 cm³/mol. The SMILES string of the molecule is COCCC(NC(=O)OCC1c2ccccc2-c2ccccc21)C(=O)N1CCCC(O)(C(=O)O)C1. The summed E-state index contributed by atoms with van der Waals surface area (Å²) in [5, 5.41) is 22.3. The molecule has 2 aromatic carbocycles. The van der Waals surface area contributed by atoms with Gasteiger partial charge in [-0.2, -0.15) is 0 Å². The highest BCUT2D eigenvalue weighted by Crippen LogP contribution is 2.44. The molecule has 1 aliphatic carbocycles. The number of hydrogen-bond acceptors (Lipinski definition) is 6. The third-order valence-corrected chi connectivity index (χ3v) is 6.73. The van der Waals surface area contributed by atoms with Gasteiger partial charge in [0.2, 0.25) is 5.91 Å². The summed E-state index contributed by atoms with van der Waals surface area (Å²) < 4.78 is 10.6. The maximum Gasteiger partial charge on any atom is 0.407 e. The number of carboxylic acid groups (broad SMARTS) is 1. The quantitative estimate of drug-likeness (QED) is 0.527. The van der Waals surface area contributed by atoms with Crippen LogP contribution in [0.4, 0.5) is 4.79 Å². The van der Waals surface area contributed by atoms with Crippen molar-refractivity contribution >= 4 is 18.0 Å². The molecule has 1 fully saturated rings. The summed E-state index contributed by atoms with van der Waals surface area (Å²) in [5.41, 5.74) is 2.39. The first-order chi connectivity index (χ1) is 16.8. The number of carbonyl (C=O) groups is 3. The first-order valence-electron chi connectivity index (χ1n) is 11.7. The molecule has 0 radical (unpaired) electrons. The molecule has 3 N–H and O–H groups in total. The molecule has 0 spiro atoms. The first kappa shape index (κ1) is 24.7. The third-order valence-electron chi connectivity index (χ3n) is 6.73. The van der Waals surface area contributed by atoms with Gasteiger partial charge in [-0.15, -0.1) is 0 Å². The number of fused-ring (bicyclic) bond motifs is 3. The van der Waals surface area contributed by atoms with Crippen LogP contribution in [-0.4, -0.2) is 78.1 Å². The van der Waals surface area contributed by atoms with E-state index >= 15 is 0 Å². The van der Waals surface area contributed by atoms with Gasteiger partial charge in [0.05, 0.1) is 6.54 Å². The number of hydrogen-bond donors (Lipinski definition) is 3. The van der Waals surface area contributed by atoms with Crippen LogP contribution >= 0.6 is 0 Å². The van der Waals surface area contributed by atoms with E-state index in [-0.39, 0.29) is 38.5 Å². The molecule has 0 saturated carbocycles. The molecule has 186 valence electrons. The lowest BCUT2D eigenvalue weighted by atomic mass is 9.92. The number of ether oxygens (including phenoxy) is 2. The minimum atomic E-state index is -2.00. The molecular formula is C26H30N2O7. The Balaban J connectivity index is 1.42. The maximum atomic E-state index is 13.1. The molecule has 9 heteroatoms. The molecule has 4 rings (SSSR count). The molecule has 2 unspecified atom stereocenters. The van der Waals surface area contributed by atoms with Crippen molar-refractivity contribution in [2.24, 2.45) is 0 Å². The fourth-order valence-electron chi connectivity index (χ4n) is 4.89. The van der Waals surface area contributed by atoms with Crippen LogP contribution in [0, 0.1) is 0 Å². The zero-order valence-corrected chi connectivity index (χ0v) is 19.6. The second kappa shape index (κ2) is 10.5. The van der Waals surface area contributed by atoms with Crippen molar-refractivity contribution in [1.29, 1.82) is 0 Å². The van der Waals surface area contributed by atoms with Gasteiger partial charge in [-0.25, -0.2) is 9.59 Å². The average molecular weight is 483 g/mol. The summed E-state index contributed by atoms with van der Waals surface area (Å²) in [4.78, 5) is 38.6. The van der Waals surface area contributed by atoms with Gasteiger partial charge in [0, 0.05) is 32.6 Å². The number of β-amino-alcohol motifs (C(OH)–C–C–N with tert-alkyl or cyclic N) is 1. The number of carbonyl (C=O) groups excluding carboxylic acids is 2. The average Bonchev–Trinajstić information content (AvgIpc) is 3.18. The number of nitrogens with zero attached hydrogens (tertiary/aromatic N) is 1. The fraction of sp³-hybridized carbons (Fsp3) is 0.423. The summed E-state index contributed by atoms with van der Waals surface area (Å²) in [6.07, 6.45) is -0.154. The Morgan fingerprint density at radius 1 is 1.11 bits per heavy atom.